The second-order valence-electron chi connectivity index (χ2n) is 2.86. The van der Waals surface area contributed by atoms with Gasteiger partial charge in [0.05, 0.1) is 11.9 Å². The quantitative estimate of drug-likeness (QED) is 0.742. The third kappa shape index (κ3) is 2.10. The molecule has 0 aliphatic heterocycles. The molecular weight excluding hydrogens is 180 g/mol. The van der Waals surface area contributed by atoms with Gasteiger partial charge in [-0.3, -0.25) is 4.98 Å². The van der Waals surface area contributed by atoms with E-state index in [2.05, 4.69) is 9.97 Å². The molecule has 0 fully saturated rings. The van der Waals surface area contributed by atoms with Gasteiger partial charge < -0.3 is 9.15 Å². The van der Waals surface area contributed by atoms with Gasteiger partial charge in [-0.05, 0) is 19.1 Å². The van der Waals surface area contributed by atoms with E-state index >= 15 is 0 Å². The topological polar surface area (TPSA) is 48.2 Å². The minimum Gasteiger partial charge on any atom is -0.482 e. The molecule has 2 aromatic heterocycles. The van der Waals surface area contributed by atoms with E-state index in [1.165, 1.54) is 0 Å². The van der Waals surface area contributed by atoms with Crippen LogP contribution in [0.3, 0.4) is 0 Å². The number of hydrogen-bond donors (Lipinski definition) is 0. The summed E-state index contributed by atoms with van der Waals surface area (Å²) in [6.45, 7) is 2.20. The first-order valence-corrected chi connectivity index (χ1v) is 4.28. The minimum atomic E-state index is 0.333. The molecule has 0 N–H and O–H groups in total. The molecule has 0 spiro atoms. The average molecular weight is 190 g/mol. The van der Waals surface area contributed by atoms with Gasteiger partial charge in [0.25, 0.3) is 0 Å². The van der Waals surface area contributed by atoms with E-state index in [9.17, 15) is 0 Å². The fourth-order valence-electron chi connectivity index (χ4n) is 1.05. The zero-order valence-corrected chi connectivity index (χ0v) is 7.80. The molecular formula is C10H10N2O2. The van der Waals surface area contributed by atoms with Gasteiger partial charge in [-0.15, -0.1) is 0 Å². The van der Waals surface area contributed by atoms with Gasteiger partial charge in [-0.2, -0.15) is 0 Å². The average Bonchev–Trinajstić information content (AvgIpc) is 2.63. The van der Waals surface area contributed by atoms with E-state index < -0.39 is 0 Å². The van der Waals surface area contributed by atoms with Crippen LogP contribution in [0, 0.1) is 6.92 Å². The van der Waals surface area contributed by atoms with Crippen molar-refractivity contribution in [3.8, 4) is 5.75 Å². The summed E-state index contributed by atoms with van der Waals surface area (Å²) in [4.78, 5) is 8.04. The first-order chi connectivity index (χ1) is 6.84. The van der Waals surface area contributed by atoms with Crippen LogP contribution in [0.4, 0.5) is 0 Å². The number of ether oxygens (including phenoxy) is 1. The lowest BCUT2D eigenvalue weighted by Crippen LogP contribution is -1.95. The number of oxazole rings is 1. The van der Waals surface area contributed by atoms with Gasteiger partial charge in [-0.25, -0.2) is 4.98 Å². The van der Waals surface area contributed by atoms with E-state index in [1.54, 1.807) is 18.7 Å². The maximum Gasteiger partial charge on any atom is 0.232 e. The van der Waals surface area contributed by atoms with Crippen molar-refractivity contribution in [2.24, 2.45) is 0 Å². The number of pyridine rings is 1. The highest BCUT2D eigenvalue weighted by Crippen LogP contribution is 2.09. The first-order valence-electron chi connectivity index (χ1n) is 4.28. The molecule has 0 aromatic carbocycles. The molecule has 4 nitrogen and oxygen atoms in total. The van der Waals surface area contributed by atoms with Crippen molar-refractivity contribution in [2.75, 3.05) is 0 Å². The molecule has 0 amide bonds. The maximum absolute atomic E-state index is 5.39. The van der Waals surface area contributed by atoms with Crippen LogP contribution in [0.25, 0.3) is 0 Å². The summed E-state index contributed by atoms with van der Waals surface area (Å²) in [6, 6.07) is 3.65. The smallest absolute Gasteiger partial charge is 0.232 e. The summed E-state index contributed by atoms with van der Waals surface area (Å²) in [6.07, 6.45) is 4.94. The van der Waals surface area contributed by atoms with Crippen molar-refractivity contribution in [1.82, 2.24) is 9.97 Å². The molecule has 14 heavy (non-hydrogen) atoms. The minimum absolute atomic E-state index is 0.333. The molecule has 0 saturated carbocycles. The lowest BCUT2D eigenvalue weighted by atomic mass is 10.5. The SMILES string of the molecule is Cc1coc(COc2cccnc2)n1. The normalized spacial score (nSPS) is 10.1. The predicted octanol–water partition coefficient (Wildman–Crippen LogP) is 1.96. The molecule has 0 aliphatic rings. The number of hydrogen-bond acceptors (Lipinski definition) is 4. The highest BCUT2D eigenvalue weighted by molar-refractivity contribution is 5.15. The molecule has 72 valence electrons. The van der Waals surface area contributed by atoms with Gasteiger partial charge in [0.2, 0.25) is 5.89 Å². The summed E-state index contributed by atoms with van der Waals surface area (Å²) >= 11 is 0. The Morgan fingerprint density at radius 1 is 1.50 bits per heavy atom. The third-order valence-corrected chi connectivity index (χ3v) is 1.66. The number of rotatable bonds is 3. The Morgan fingerprint density at radius 2 is 2.43 bits per heavy atom. The van der Waals surface area contributed by atoms with Gasteiger partial charge in [0.1, 0.15) is 12.0 Å². The predicted molar refractivity (Wildman–Crippen MR) is 49.8 cm³/mol. The summed E-state index contributed by atoms with van der Waals surface area (Å²) in [5, 5.41) is 0. The van der Waals surface area contributed by atoms with Crippen molar-refractivity contribution >= 4 is 0 Å². The molecule has 0 bridgehead atoms. The second kappa shape index (κ2) is 3.91. The zero-order valence-electron chi connectivity index (χ0n) is 7.80. The lowest BCUT2D eigenvalue weighted by molar-refractivity contribution is 0.262. The van der Waals surface area contributed by atoms with Crippen molar-refractivity contribution < 1.29 is 9.15 Å². The lowest BCUT2D eigenvalue weighted by Gasteiger charge is -2.00. The Kier molecular flexibility index (Phi) is 2.44. The Bertz CT molecular complexity index is 398. The van der Waals surface area contributed by atoms with Crippen LogP contribution in [-0.2, 0) is 6.61 Å². The fourth-order valence-corrected chi connectivity index (χ4v) is 1.05. The van der Waals surface area contributed by atoms with Gasteiger partial charge in [-0.1, -0.05) is 0 Å². The van der Waals surface area contributed by atoms with E-state index in [0.717, 1.165) is 5.69 Å². The molecule has 4 heteroatoms. The van der Waals surface area contributed by atoms with Gasteiger partial charge in [0, 0.05) is 6.20 Å². The van der Waals surface area contributed by atoms with Gasteiger partial charge in [0.15, 0.2) is 6.61 Å². The van der Waals surface area contributed by atoms with Crippen LogP contribution in [0.15, 0.2) is 35.2 Å². The highest BCUT2D eigenvalue weighted by Gasteiger charge is 2.00. The van der Waals surface area contributed by atoms with E-state index in [0.29, 0.717) is 18.2 Å². The zero-order chi connectivity index (χ0) is 9.80. The Morgan fingerprint density at radius 3 is 3.07 bits per heavy atom. The number of aryl methyl sites for hydroxylation is 1. The number of aromatic nitrogens is 2. The van der Waals surface area contributed by atoms with E-state index in [4.69, 9.17) is 9.15 Å². The molecule has 0 aliphatic carbocycles. The molecule has 2 rings (SSSR count). The summed E-state index contributed by atoms with van der Waals surface area (Å²) in [5.41, 5.74) is 0.856. The van der Waals surface area contributed by atoms with E-state index in [-0.39, 0.29) is 0 Å². The van der Waals surface area contributed by atoms with Crippen molar-refractivity contribution in [3.63, 3.8) is 0 Å². The number of nitrogens with zero attached hydrogens (tertiary/aromatic N) is 2. The van der Waals surface area contributed by atoms with E-state index in [1.807, 2.05) is 19.1 Å². The molecule has 0 atom stereocenters. The van der Waals surface area contributed by atoms with Crippen molar-refractivity contribution in [2.45, 2.75) is 13.5 Å². The standard InChI is InChI=1S/C10H10N2O2/c1-8-6-14-10(12-8)7-13-9-3-2-4-11-5-9/h2-6H,7H2,1H3. The van der Waals surface area contributed by atoms with Gasteiger partial charge >= 0.3 is 0 Å². The summed E-state index contributed by atoms with van der Waals surface area (Å²) in [5.74, 6) is 1.29. The largest absolute Gasteiger partial charge is 0.482 e. The summed E-state index contributed by atoms with van der Waals surface area (Å²) < 4.78 is 10.5. The van der Waals surface area contributed by atoms with Crippen LogP contribution in [0.5, 0.6) is 5.75 Å². The van der Waals surface area contributed by atoms with Crippen LogP contribution in [-0.4, -0.2) is 9.97 Å². The van der Waals surface area contributed by atoms with Crippen LogP contribution in [0.1, 0.15) is 11.6 Å². The molecule has 0 radical (unpaired) electrons. The molecule has 2 heterocycles. The third-order valence-electron chi connectivity index (χ3n) is 1.66. The molecule has 2 aromatic rings. The van der Waals surface area contributed by atoms with Crippen molar-refractivity contribution in [1.29, 1.82) is 0 Å². The second-order valence-corrected chi connectivity index (χ2v) is 2.86. The fraction of sp³-hybridized carbons (Fsp3) is 0.200. The maximum atomic E-state index is 5.39. The van der Waals surface area contributed by atoms with Crippen LogP contribution < -0.4 is 4.74 Å². The van der Waals surface area contributed by atoms with Crippen LogP contribution in [0.2, 0.25) is 0 Å². The molecule has 0 saturated heterocycles. The molecule has 0 unspecified atom stereocenters. The Labute approximate surface area is 81.6 Å². The highest BCUT2D eigenvalue weighted by atomic mass is 16.5. The first kappa shape index (κ1) is 8.74. The summed E-state index contributed by atoms with van der Waals surface area (Å²) in [7, 11) is 0. The monoisotopic (exact) mass is 190 g/mol. The Hall–Kier alpha value is -1.84. The Balaban J connectivity index is 1.95. The van der Waals surface area contributed by atoms with Crippen LogP contribution >= 0.6 is 0 Å². The van der Waals surface area contributed by atoms with Crippen molar-refractivity contribution in [3.05, 3.63) is 42.4 Å².